The molecular weight excluding hydrogens is 271 g/mol. The number of carbonyl (C=O) groups is 1. The van der Waals surface area contributed by atoms with Crippen LogP contribution in [-0.4, -0.2) is 23.7 Å². The van der Waals surface area contributed by atoms with Gasteiger partial charge in [0.05, 0.1) is 11.1 Å². The van der Waals surface area contributed by atoms with E-state index >= 15 is 0 Å². The topological polar surface area (TPSA) is 40.5 Å². The molecule has 110 valence electrons. The average Bonchev–Trinajstić information content (AvgIpc) is 2.37. The summed E-state index contributed by atoms with van der Waals surface area (Å²) in [4.78, 5) is 12.8. The van der Waals surface area contributed by atoms with Crippen LogP contribution in [0.25, 0.3) is 0 Å². The standard InChI is InChI=1S/C14H16F3NO2/c1-9-4-2-3-7-18(9)10-5-6-11(13(19)20)12(8-10)14(15,16)17/h5-6,8-9H,2-4,7H2,1H3,(H,19,20). The van der Waals surface area contributed by atoms with Gasteiger partial charge >= 0.3 is 12.1 Å². The van der Waals surface area contributed by atoms with Crippen LogP contribution in [0.5, 0.6) is 0 Å². The summed E-state index contributed by atoms with van der Waals surface area (Å²) >= 11 is 0. The number of hydrogen-bond donors (Lipinski definition) is 1. The number of benzene rings is 1. The second-order valence-electron chi connectivity index (χ2n) is 5.07. The lowest BCUT2D eigenvalue weighted by Gasteiger charge is -2.35. The van der Waals surface area contributed by atoms with Gasteiger partial charge in [-0.1, -0.05) is 0 Å². The molecule has 0 amide bonds. The Bertz CT molecular complexity index is 514. The maximum atomic E-state index is 13.0. The molecule has 0 bridgehead atoms. The third kappa shape index (κ3) is 2.89. The van der Waals surface area contributed by atoms with Crippen LogP contribution in [0.3, 0.4) is 0 Å². The monoisotopic (exact) mass is 287 g/mol. The number of nitrogens with zero attached hydrogens (tertiary/aromatic N) is 1. The SMILES string of the molecule is CC1CCCCN1c1ccc(C(=O)O)c(C(F)(F)F)c1. The van der Waals surface area contributed by atoms with Crippen LogP contribution in [0.1, 0.15) is 42.1 Å². The molecule has 1 aromatic carbocycles. The smallest absolute Gasteiger partial charge is 0.417 e. The Morgan fingerprint density at radius 1 is 1.35 bits per heavy atom. The number of piperidine rings is 1. The largest absolute Gasteiger partial charge is 0.478 e. The maximum absolute atomic E-state index is 13.0. The van der Waals surface area contributed by atoms with Gasteiger partial charge in [0.15, 0.2) is 0 Å². The highest BCUT2D eigenvalue weighted by Crippen LogP contribution is 2.36. The van der Waals surface area contributed by atoms with Gasteiger partial charge in [-0.05, 0) is 44.4 Å². The van der Waals surface area contributed by atoms with E-state index < -0.39 is 23.3 Å². The predicted molar refractivity (Wildman–Crippen MR) is 69.1 cm³/mol. The number of hydrogen-bond acceptors (Lipinski definition) is 2. The summed E-state index contributed by atoms with van der Waals surface area (Å²) in [6.45, 7) is 2.67. The average molecular weight is 287 g/mol. The summed E-state index contributed by atoms with van der Waals surface area (Å²) in [5, 5.41) is 8.87. The number of alkyl halides is 3. The Morgan fingerprint density at radius 2 is 2.05 bits per heavy atom. The van der Waals surface area contributed by atoms with Crippen molar-refractivity contribution >= 4 is 11.7 Å². The van der Waals surface area contributed by atoms with Crippen molar-refractivity contribution in [1.82, 2.24) is 0 Å². The van der Waals surface area contributed by atoms with Gasteiger partial charge in [0.2, 0.25) is 0 Å². The van der Waals surface area contributed by atoms with E-state index in [0.29, 0.717) is 12.2 Å². The van der Waals surface area contributed by atoms with Gasteiger partial charge in [-0.3, -0.25) is 0 Å². The summed E-state index contributed by atoms with van der Waals surface area (Å²) in [5.41, 5.74) is -1.35. The minimum Gasteiger partial charge on any atom is -0.478 e. The molecule has 0 saturated carbocycles. The maximum Gasteiger partial charge on any atom is 0.417 e. The molecule has 1 aliphatic rings. The van der Waals surface area contributed by atoms with Gasteiger partial charge in [0, 0.05) is 18.3 Å². The van der Waals surface area contributed by atoms with Crippen LogP contribution in [0.2, 0.25) is 0 Å². The summed E-state index contributed by atoms with van der Waals surface area (Å²) in [5.74, 6) is -1.56. The molecule has 1 unspecified atom stereocenters. The molecule has 1 aliphatic heterocycles. The van der Waals surface area contributed by atoms with Crippen LogP contribution in [0.15, 0.2) is 18.2 Å². The van der Waals surface area contributed by atoms with Crippen molar-refractivity contribution in [2.24, 2.45) is 0 Å². The highest BCUT2D eigenvalue weighted by atomic mass is 19.4. The fraction of sp³-hybridized carbons (Fsp3) is 0.500. The quantitative estimate of drug-likeness (QED) is 0.899. The van der Waals surface area contributed by atoms with Gasteiger partial charge in [-0.25, -0.2) is 4.79 Å². The Morgan fingerprint density at radius 3 is 2.60 bits per heavy atom. The van der Waals surface area contributed by atoms with E-state index in [1.54, 1.807) is 0 Å². The molecule has 1 N–H and O–H groups in total. The van der Waals surface area contributed by atoms with Crippen LogP contribution in [-0.2, 0) is 6.18 Å². The lowest BCUT2D eigenvalue weighted by atomic mass is 10.0. The van der Waals surface area contributed by atoms with Crippen molar-refractivity contribution in [2.75, 3.05) is 11.4 Å². The van der Waals surface area contributed by atoms with E-state index in [1.807, 2.05) is 11.8 Å². The minimum atomic E-state index is -4.66. The van der Waals surface area contributed by atoms with E-state index in [1.165, 1.54) is 6.07 Å². The first-order valence-electron chi connectivity index (χ1n) is 6.52. The second kappa shape index (κ2) is 5.34. The van der Waals surface area contributed by atoms with Gasteiger partial charge in [-0.2, -0.15) is 13.2 Å². The highest BCUT2D eigenvalue weighted by Gasteiger charge is 2.36. The van der Waals surface area contributed by atoms with E-state index in [9.17, 15) is 18.0 Å². The van der Waals surface area contributed by atoms with Gasteiger partial charge in [-0.15, -0.1) is 0 Å². The molecular formula is C14H16F3NO2. The van der Waals surface area contributed by atoms with Gasteiger partial charge < -0.3 is 10.0 Å². The molecule has 1 heterocycles. The molecule has 1 aromatic rings. The van der Waals surface area contributed by atoms with Crippen LogP contribution >= 0.6 is 0 Å². The number of carboxylic acids is 1. The van der Waals surface area contributed by atoms with Crippen molar-refractivity contribution < 1.29 is 23.1 Å². The number of halogens is 3. The Hall–Kier alpha value is -1.72. The van der Waals surface area contributed by atoms with Crippen molar-refractivity contribution in [3.05, 3.63) is 29.3 Å². The van der Waals surface area contributed by atoms with E-state index in [-0.39, 0.29) is 6.04 Å². The van der Waals surface area contributed by atoms with E-state index in [0.717, 1.165) is 31.4 Å². The van der Waals surface area contributed by atoms with Crippen molar-refractivity contribution in [1.29, 1.82) is 0 Å². The van der Waals surface area contributed by atoms with Crippen LogP contribution in [0, 0.1) is 0 Å². The zero-order chi connectivity index (χ0) is 14.9. The molecule has 1 fully saturated rings. The molecule has 0 spiro atoms. The molecule has 0 radical (unpaired) electrons. The van der Waals surface area contributed by atoms with Gasteiger partial charge in [0.1, 0.15) is 0 Å². The Balaban J connectivity index is 2.44. The molecule has 6 heteroatoms. The van der Waals surface area contributed by atoms with Crippen LogP contribution < -0.4 is 4.90 Å². The lowest BCUT2D eigenvalue weighted by molar-refractivity contribution is -0.138. The fourth-order valence-corrected chi connectivity index (χ4v) is 2.61. The third-order valence-electron chi connectivity index (χ3n) is 3.67. The molecule has 0 aliphatic carbocycles. The predicted octanol–water partition coefficient (Wildman–Crippen LogP) is 3.78. The summed E-state index contributed by atoms with van der Waals surface area (Å²) < 4.78 is 38.9. The first-order valence-corrected chi connectivity index (χ1v) is 6.52. The summed E-state index contributed by atoms with van der Waals surface area (Å²) in [6.07, 6.45) is -1.73. The zero-order valence-corrected chi connectivity index (χ0v) is 11.1. The second-order valence-corrected chi connectivity index (χ2v) is 5.07. The Labute approximate surface area is 115 Å². The summed E-state index contributed by atoms with van der Waals surface area (Å²) in [7, 11) is 0. The van der Waals surface area contributed by atoms with Gasteiger partial charge in [0.25, 0.3) is 0 Å². The molecule has 1 saturated heterocycles. The molecule has 1 atom stereocenters. The number of rotatable bonds is 2. The molecule has 20 heavy (non-hydrogen) atoms. The Kier molecular flexibility index (Phi) is 3.92. The van der Waals surface area contributed by atoms with Crippen molar-refractivity contribution in [3.8, 4) is 0 Å². The number of carboxylic acid groups (broad SMARTS) is 1. The summed E-state index contributed by atoms with van der Waals surface area (Å²) in [6, 6.07) is 3.62. The van der Waals surface area contributed by atoms with E-state index in [2.05, 4.69) is 0 Å². The highest BCUT2D eigenvalue weighted by molar-refractivity contribution is 5.90. The minimum absolute atomic E-state index is 0.167. The first-order chi connectivity index (χ1) is 9.30. The van der Waals surface area contributed by atoms with E-state index in [4.69, 9.17) is 5.11 Å². The molecule has 2 rings (SSSR count). The third-order valence-corrected chi connectivity index (χ3v) is 3.67. The first kappa shape index (κ1) is 14.7. The molecule has 3 nitrogen and oxygen atoms in total. The van der Waals surface area contributed by atoms with Crippen molar-refractivity contribution in [3.63, 3.8) is 0 Å². The fourth-order valence-electron chi connectivity index (χ4n) is 2.61. The normalized spacial score (nSPS) is 20.0. The van der Waals surface area contributed by atoms with Crippen molar-refractivity contribution in [2.45, 2.75) is 38.4 Å². The lowest BCUT2D eigenvalue weighted by Crippen LogP contribution is -2.37. The van der Waals surface area contributed by atoms with Crippen LogP contribution in [0.4, 0.5) is 18.9 Å². The molecule has 0 aromatic heterocycles. The number of aromatic carboxylic acids is 1. The zero-order valence-electron chi connectivity index (χ0n) is 11.1. The number of anilines is 1.